The fourth-order valence-corrected chi connectivity index (χ4v) is 3.55. The van der Waals surface area contributed by atoms with Crippen LogP contribution in [0.25, 0.3) is 0 Å². The Balaban J connectivity index is 1.55. The van der Waals surface area contributed by atoms with Crippen LogP contribution in [-0.4, -0.2) is 40.2 Å². The van der Waals surface area contributed by atoms with Gasteiger partial charge in [-0.05, 0) is 44.9 Å². The summed E-state index contributed by atoms with van der Waals surface area (Å²) in [5.41, 5.74) is 1.00. The lowest BCUT2D eigenvalue weighted by Gasteiger charge is -2.47. The van der Waals surface area contributed by atoms with Gasteiger partial charge in [-0.3, -0.25) is 4.98 Å². The number of nitrogens with zero attached hydrogens (tertiary/aromatic N) is 2. The van der Waals surface area contributed by atoms with Gasteiger partial charge in [0, 0.05) is 24.7 Å². The van der Waals surface area contributed by atoms with Gasteiger partial charge in [0.05, 0.1) is 11.9 Å². The lowest BCUT2D eigenvalue weighted by atomic mass is 9.82. The monoisotopic (exact) mass is 261 g/mol. The van der Waals surface area contributed by atoms with Crippen molar-refractivity contribution in [3.63, 3.8) is 0 Å². The van der Waals surface area contributed by atoms with E-state index in [1.54, 1.807) is 6.07 Å². The van der Waals surface area contributed by atoms with E-state index in [2.05, 4.69) is 22.2 Å². The first-order valence-electron chi connectivity index (χ1n) is 7.31. The molecular formula is C15H23N3O. The van der Waals surface area contributed by atoms with Crippen LogP contribution in [0.2, 0.25) is 0 Å². The second kappa shape index (κ2) is 5.47. The van der Waals surface area contributed by atoms with E-state index in [4.69, 9.17) is 0 Å². The maximum atomic E-state index is 9.22. The predicted octanol–water partition coefficient (Wildman–Crippen LogP) is 1.89. The Morgan fingerprint density at radius 3 is 2.68 bits per heavy atom. The van der Waals surface area contributed by atoms with E-state index in [1.165, 1.54) is 38.3 Å². The van der Waals surface area contributed by atoms with Gasteiger partial charge in [0.25, 0.3) is 0 Å². The molecule has 104 valence electrons. The van der Waals surface area contributed by atoms with E-state index < -0.39 is 0 Å². The Labute approximate surface area is 114 Å². The number of pyridine rings is 1. The van der Waals surface area contributed by atoms with Crippen LogP contribution in [0.15, 0.2) is 18.3 Å². The van der Waals surface area contributed by atoms with Gasteiger partial charge >= 0.3 is 0 Å². The molecule has 3 rings (SSSR count). The topological polar surface area (TPSA) is 48.4 Å². The maximum Gasteiger partial charge on any atom is 0.133 e. The Bertz CT molecular complexity index is 406. The third-order valence-corrected chi connectivity index (χ3v) is 4.72. The van der Waals surface area contributed by atoms with Gasteiger partial charge in [0.2, 0.25) is 0 Å². The van der Waals surface area contributed by atoms with Crippen LogP contribution in [0.5, 0.6) is 5.75 Å². The molecule has 0 amide bonds. The Morgan fingerprint density at radius 2 is 2.05 bits per heavy atom. The normalized spacial score (nSPS) is 31.3. The number of hydrogen-bond donors (Lipinski definition) is 2. The van der Waals surface area contributed by atoms with E-state index in [9.17, 15) is 5.11 Å². The van der Waals surface area contributed by atoms with Crippen LogP contribution < -0.4 is 5.32 Å². The summed E-state index contributed by atoms with van der Waals surface area (Å²) in [6.07, 6.45) is 8.12. The molecule has 2 N–H and O–H groups in total. The summed E-state index contributed by atoms with van der Waals surface area (Å²) >= 11 is 0. The van der Waals surface area contributed by atoms with Crippen LogP contribution in [0.3, 0.4) is 0 Å². The van der Waals surface area contributed by atoms with Crippen molar-refractivity contribution < 1.29 is 5.11 Å². The molecule has 0 spiro atoms. The molecule has 2 bridgehead atoms. The largest absolute Gasteiger partial charge is 0.506 e. The van der Waals surface area contributed by atoms with Crippen LogP contribution in [0, 0.1) is 0 Å². The number of hydrogen-bond acceptors (Lipinski definition) is 4. The number of fused-ring (bicyclic) bond motifs is 2. The molecule has 2 unspecified atom stereocenters. The van der Waals surface area contributed by atoms with Crippen LogP contribution in [0.1, 0.15) is 37.8 Å². The number of aromatic hydroxyl groups is 1. The molecule has 2 atom stereocenters. The van der Waals surface area contributed by atoms with Crippen molar-refractivity contribution in [2.75, 3.05) is 7.05 Å². The van der Waals surface area contributed by atoms with Gasteiger partial charge in [0.15, 0.2) is 0 Å². The standard InChI is InChI=1S/C15H23N3O/c1-18-13-3-2-4-14(18)8-12(7-13)16-9-11-5-6-15(19)10-17-11/h5-6,10,12-14,16,19H,2-4,7-9H2,1H3. The lowest BCUT2D eigenvalue weighted by Crippen LogP contribution is -2.54. The van der Waals surface area contributed by atoms with Crippen molar-refractivity contribution in [3.8, 4) is 5.75 Å². The van der Waals surface area contributed by atoms with Crippen molar-refractivity contribution in [2.45, 2.75) is 56.8 Å². The number of rotatable bonds is 3. The maximum absolute atomic E-state index is 9.22. The molecule has 4 nitrogen and oxygen atoms in total. The molecule has 3 heterocycles. The fourth-order valence-electron chi connectivity index (χ4n) is 3.55. The van der Waals surface area contributed by atoms with Crippen molar-refractivity contribution in [1.29, 1.82) is 0 Å². The first kappa shape index (κ1) is 12.9. The summed E-state index contributed by atoms with van der Waals surface area (Å²) in [7, 11) is 2.28. The average Bonchev–Trinajstić information content (AvgIpc) is 2.39. The highest BCUT2D eigenvalue weighted by Gasteiger charge is 2.35. The van der Waals surface area contributed by atoms with Crippen LogP contribution in [-0.2, 0) is 6.54 Å². The van der Waals surface area contributed by atoms with Gasteiger partial charge in [-0.25, -0.2) is 0 Å². The molecule has 1 aromatic heterocycles. The molecule has 2 aliphatic heterocycles. The van der Waals surface area contributed by atoms with Gasteiger partial charge in [0.1, 0.15) is 5.75 Å². The van der Waals surface area contributed by atoms with Crippen LogP contribution in [0.4, 0.5) is 0 Å². The smallest absolute Gasteiger partial charge is 0.133 e. The minimum atomic E-state index is 0.234. The van der Waals surface area contributed by atoms with Gasteiger partial charge in [-0.1, -0.05) is 6.42 Å². The highest BCUT2D eigenvalue weighted by molar-refractivity contribution is 5.17. The molecule has 0 saturated carbocycles. The Kier molecular flexibility index (Phi) is 3.71. The van der Waals surface area contributed by atoms with Gasteiger partial charge in [-0.15, -0.1) is 0 Å². The van der Waals surface area contributed by atoms with E-state index in [1.807, 2.05) is 6.07 Å². The van der Waals surface area contributed by atoms with Crippen molar-refractivity contribution in [2.24, 2.45) is 0 Å². The highest BCUT2D eigenvalue weighted by Crippen LogP contribution is 2.32. The zero-order valence-corrected chi connectivity index (χ0v) is 11.5. The van der Waals surface area contributed by atoms with Gasteiger partial charge in [-0.2, -0.15) is 0 Å². The molecule has 1 aromatic rings. The van der Waals surface area contributed by atoms with E-state index >= 15 is 0 Å². The zero-order chi connectivity index (χ0) is 13.2. The first-order valence-corrected chi connectivity index (χ1v) is 7.31. The molecule has 19 heavy (non-hydrogen) atoms. The molecule has 0 aliphatic carbocycles. The third kappa shape index (κ3) is 2.90. The summed E-state index contributed by atoms with van der Waals surface area (Å²) < 4.78 is 0. The SMILES string of the molecule is CN1C2CCCC1CC(NCc1ccc(O)cn1)C2. The zero-order valence-electron chi connectivity index (χ0n) is 11.5. The average molecular weight is 261 g/mol. The number of piperidine rings is 2. The molecule has 0 aromatic carbocycles. The minimum absolute atomic E-state index is 0.234. The lowest BCUT2D eigenvalue weighted by molar-refractivity contribution is 0.0481. The van der Waals surface area contributed by atoms with E-state index in [0.717, 1.165) is 24.3 Å². The summed E-state index contributed by atoms with van der Waals surface area (Å²) in [5, 5.41) is 12.9. The third-order valence-electron chi connectivity index (χ3n) is 4.72. The van der Waals surface area contributed by atoms with Crippen LogP contribution >= 0.6 is 0 Å². The number of aromatic nitrogens is 1. The number of nitrogens with one attached hydrogen (secondary N) is 1. The molecule has 2 aliphatic rings. The molecule has 2 saturated heterocycles. The quantitative estimate of drug-likeness (QED) is 0.872. The summed E-state index contributed by atoms with van der Waals surface area (Å²) in [5.74, 6) is 0.234. The Hall–Kier alpha value is -1.13. The van der Waals surface area contributed by atoms with E-state index in [0.29, 0.717) is 6.04 Å². The Morgan fingerprint density at radius 1 is 1.32 bits per heavy atom. The molecule has 2 fully saturated rings. The van der Waals surface area contributed by atoms with Crippen molar-refractivity contribution >= 4 is 0 Å². The minimum Gasteiger partial charge on any atom is -0.506 e. The predicted molar refractivity (Wildman–Crippen MR) is 75.0 cm³/mol. The fraction of sp³-hybridized carbons (Fsp3) is 0.667. The first-order chi connectivity index (χ1) is 9.22. The molecular weight excluding hydrogens is 238 g/mol. The molecule has 0 radical (unpaired) electrons. The summed E-state index contributed by atoms with van der Waals surface area (Å²) in [6.45, 7) is 0.800. The highest BCUT2D eigenvalue weighted by atomic mass is 16.3. The van der Waals surface area contributed by atoms with E-state index in [-0.39, 0.29) is 5.75 Å². The second-order valence-corrected chi connectivity index (χ2v) is 5.96. The second-order valence-electron chi connectivity index (χ2n) is 5.96. The van der Waals surface area contributed by atoms with Crippen molar-refractivity contribution in [3.05, 3.63) is 24.0 Å². The summed E-state index contributed by atoms with van der Waals surface area (Å²) in [6, 6.07) is 5.73. The molecule has 4 heteroatoms. The van der Waals surface area contributed by atoms with Crippen molar-refractivity contribution in [1.82, 2.24) is 15.2 Å². The van der Waals surface area contributed by atoms with Gasteiger partial charge < -0.3 is 15.3 Å². The summed E-state index contributed by atoms with van der Waals surface area (Å²) in [4.78, 5) is 6.81.